The van der Waals surface area contributed by atoms with E-state index in [2.05, 4.69) is 19.7 Å². The molecular weight excluding hydrogens is 278 g/mol. The van der Waals surface area contributed by atoms with Gasteiger partial charge in [-0.1, -0.05) is 0 Å². The molecular formula is C16H23N5O. The Morgan fingerprint density at radius 1 is 1.45 bits per heavy atom. The number of carbonyl (C=O) groups is 1. The Labute approximate surface area is 130 Å². The minimum Gasteiger partial charge on any atom is -0.342 e. The summed E-state index contributed by atoms with van der Waals surface area (Å²) in [5.41, 5.74) is 1.14. The predicted octanol–water partition coefficient (Wildman–Crippen LogP) is 2.10. The number of aromatic amines is 1. The minimum absolute atomic E-state index is 0.266. The molecule has 1 N–H and O–H groups in total. The van der Waals surface area contributed by atoms with Crippen molar-refractivity contribution in [1.82, 2.24) is 24.6 Å². The average Bonchev–Trinajstić information content (AvgIpc) is 3.20. The summed E-state index contributed by atoms with van der Waals surface area (Å²) in [6, 6.07) is 2.01. The fourth-order valence-electron chi connectivity index (χ4n) is 3.15. The van der Waals surface area contributed by atoms with Crippen LogP contribution in [0.4, 0.5) is 0 Å². The van der Waals surface area contributed by atoms with Gasteiger partial charge < -0.3 is 9.47 Å². The number of piperidine rings is 1. The van der Waals surface area contributed by atoms with E-state index in [0.717, 1.165) is 50.4 Å². The molecule has 2 aromatic rings. The summed E-state index contributed by atoms with van der Waals surface area (Å²) in [6.45, 7) is 4.54. The molecule has 1 aliphatic rings. The lowest BCUT2D eigenvalue weighted by molar-refractivity contribution is -0.132. The van der Waals surface area contributed by atoms with E-state index < -0.39 is 0 Å². The Morgan fingerprint density at radius 3 is 3.09 bits per heavy atom. The number of aryl methyl sites for hydroxylation is 2. The minimum atomic E-state index is 0.266. The lowest BCUT2D eigenvalue weighted by atomic mass is 9.94. The molecule has 1 amide bonds. The molecule has 3 heterocycles. The summed E-state index contributed by atoms with van der Waals surface area (Å²) in [7, 11) is 0. The maximum atomic E-state index is 12.4. The van der Waals surface area contributed by atoms with Crippen LogP contribution in [0.5, 0.6) is 0 Å². The van der Waals surface area contributed by atoms with Crippen LogP contribution < -0.4 is 0 Å². The molecule has 0 spiro atoms. The molecule has 1 aliphatic heterocycles. The molecule has 0 bridgehead atoms. The number of amides is 1. The highest BCUT2D eigenvalue weighted by Crippen LogP contribution is 2.25. The van der Waals surface area contributed by atoms with Crippen molar-refractivity contribution in [3.63, 3.8) is 0 Å². The van der Waals surface area contributed by atoms with Gasteiger partial charge in [-0.3, -0.25) is 9.89 Å². The normalized spacial score (nSPS) is 18.6. The average molecular weight is 301 g/mol. The molecule has 2 aromatic heterocycles. The topological polar surface area (TPSA) is 66.8 Å². The summed E-state index contributed by atoms with van der Waals surface area (Å²) in [6.07, 6.45) is 9.21. The standard InChI is InChI=1S/C16H23N5O/c1-13-17-8-11-20(13)9-3-5-16(22)21-10-2-4-14(12-21)15-6-7-18-19-15/h6-8,11,14H,2-5,9-10,12H2,1H3,(H,18,19)/t14-/m1/s1. The summed E-state index contributed by atoms with van der Waals surface area (Å²) < 4.78 is 2.09. The lowest BCUT2D eigenvalue weighted by Gasteiger charge is -2.32. The second kappa shape index (κ2) is 6.77. The third-order valence-corrected chi connectivity index (χ3v) is 4.45. The Hall–Kier alpha value is -2.11. The predicted molar refractivity (Wildman–Crippen MR) is 83.3 cm³/mol. The summed E-state index contributed by atoms with van der Waals surface area (Å²) in [5, 5.41) is 7.05. The van der Waals surface area contributed by atoms with Gasteiger partial charge in [0.2, 0.25) is 5.91 Å². The van der Waals surface area contributed by atoms with Crippen molar-refractivity contribution in [3.05, 3.63) is 36.2 Å². The molecule has 1 saturated heterocycles. The van der Waals surface area contributed by atoms with Gasteiger partial charge in [-0.2, -0.15) is 5.10 Å². The number of likely N-dealkylation sites (tertiary alicyclic amines) is 1. The van der Waals surface area contributed by atoms with E-state index in [-0.39, 0.29) is 5.91 Å². The molecule has 118 valence electrons. The first-order valence-electron chi connectivity index (χ1n) is 7.99. The Balaban J connectivity index is 1.48. The van der Waals surface area contributed by atoms with Crippen molar-refractivity contribution < 1.29 is 4.79 Å². The smallest absolute Gasteiger partial charge is 0.222 e. The molecule has 0 unspecified atom stereocenters. The Kier molecular flexibility index (Phi) is 4.56. The molecule has 6 heteroatoms. The summed E-state index contributed by atoms with van der Waals surface area (Å²) in [4.78, 5) is 18.6. The second-order valence-corrected chi connectivity index (χ2v) is 5.96. The quantitative estimate of drug-likeness (QED) is 0.919. The first-order chi connectivity index (χ1) is 10.7. The molecule has 6 nitrogen and oxygen atoms in total. The van der Waals surface area contributed by atoms with E-state index in [4.69, 9.17) is 0 Å². The monoisotopic (exact) mass is 301 g/mol. The van der Waals surface area contributed by atoms with Crippen molar-refractivity contribution in [2.24, 2.45) is 0 Å². The maximum Gasteiger partial charge on any atom is 0.222 e. The van der Waals surface area contributed by atoms with Crippen molar-refractivity contribution in [2.75, 3.05) is 13.1 Å². The lowest BCUT2D eigenvalue weighted by Crippen LogP contribution is -2.39. The van der Waals surface area contributed by atoms with Gasteiger partial charge in [-0.25, -0.2) is 4.98 Å². The Bertz CT molecular complexity index is 604. The zero-order valence-electron chi connectivity index (χ0n) is 13.0. The maximum absolute atomic E-state index is 12.4. The SMILES string of the molecule is Cc1nccn1CCCC(=O)N1CCC[C@@H](c2ccn[nH]2)C1. The van der Waals surface area contributed by atoms with Crippen LogP contribution in [0.1, 0.15) is 43.1 Å². The van der Waals surface area contributed by atoms with Gasteiger partial charge in [0.1, 0.15) is 5.82 Å². The van der Waals surface area contributed by atoms with E-state index in [1.807, 2.05) is 24.1 Å². The second-order valence-electron chi connectivity index (χ2n) is 5.96. The largest absolute Gasteiger partial charge is 0.342 e. The number of hydrogen-bond acceptors (Lipinski definition) is 3. The third-order valence-electron chi connectivity index (χ3n) is 4.45. The van der Waals surface area contributed by atoms with Gasteiger partial charge >= 0.3 is 0 Å². The van der Waals surface area contributed by atoms with Crippen LogP contribution >= 0.6 is 0 Å². The Morgan fingerprint density at radius 2 is 2.36 bits per heavy atom. The van der Waals surface area contributed by atoms with Crippen LogP contribution in [-0.4, -0.2) is 43.6 Å². The number of rotatable bonds is 5. The van der Waals surface area contributed by atoms with Crippen LogP contribution in [0.2, 0.25) is 0 Å². The van der Waals surface area contributed by atoms with Crippen LogP contribution in [0.15, 0.2) is 24.7 Å². The molecule has 3 rings (SSSR count). The van der Waals surface area contributed by atoms with Gasteiger partial charge in [0.15, 0.2) is 0 Å². The van der Waals surface area contributed by atoms with Crippen LogP contribution in [0.25, 0.3) is 0 Å². The van der Waals surface area contributed by atoms with Gasteiger partial charge in [0.25, 0.3) is 0 Å². The van der Waals surface area contributed by atoms with Gasteiger partial charge in [0, 0.05) is 56.3 Å². The molecule has 22 heavy (non-hydrogen) atoms. The van der Waals surface area contributed by atoms with Gasteiger partial charge in [-0.05, 0) is 32.3 Å². The fraction of sp³-hybridized carbons (Fsp3) is 0.562. The first-order valence-corrected chi connectivity index (χ1v) is 7.99. The highest BCUT2D eigenvalue weighted by Gasteiger charge is 2.25. The number of carbonyl (C=O) groups excluding carboxylic acids is 1. The highest BCUT2D eigenvalue weighted by atomic mass is 16.2. The fourth-order valence-corrected chi connectivity index (χ4v) is 3.15. The van der Waals surface area contributed by atoms with Crippen molar-refractivity contribution >= 4 is 5.91 Å². The summed E-state index contributed by atoms with van der Waals surface area (Å²) in [5.74, 6) is 1.67. The molecule has 1 atom stereocenters. The van der Waals surface area contributed by atoms with E-state index in [1.54, 1.807) is 12.4 Å². The number of imidazole rings is 1. The molecule has 0 aromatic carbocycles. The zero-order valence-corrected chi connectivity index (χ0v) is 13.0. The van der Waals surface area contributed by atoms with Crippen LogP contribution in [-0.2, 0) is 11.3 Å². The molecule has 0 saturated carbocycles. The van der Waals surface area contributed by atoms with Gasteiger partial charge in [-0.15, -0.1) is 0 Å². The number of nitrogens with one attached hydrogen (secondary N) is 1. The van der Waals surface area contributed by atoms with E-state index in [0.29, 0.717) is 12.3 Å². The number of H-pyrrole nitrogens is 1. The molecule has 0 radical (unpaired) electrons. The van der Waals surface area contributed by atoms with Crippen LogP contribution in [0, 0.1) is 6.92 Å². The number of nitrogens with zero attached hydrogens (tertiary/aromatic N) is 4. The third kappa shape index (κ3) is 3.37. The molecule has 0 aliphatic carbocycles. The zero-order chi connectivity index (χ0) is 15.4. The van der Waals surface area contributed by atoms with Crippen molar-refractivity contribution in [1.29, 1.82) is 0 Å². The summed E-state index contributed by atoms with van der Waals surface area (Å²) >= 11 is 0. The van der Waals surface area contributed by atoms with Crippen LogP contribution in [0.3, 0.4) is 0 Å². The highest BCUT2D eigenvalue weighted by molar-refractivity contribution is 5.76. The van der Waals surface area contributed by atoms with E-state index in [9.17, 15) is 4.79 Å². The van der Waals surface area contributed by atoms with Crippen molar-refractivity contribution in [2.45, 2.75) is 45.1 Å². The molecule has 1 fully saturated rings. The number of hydrogen-bond donors (Lipinski definition) is 1. The number of aromatic nitrogens is 4. The van der Waals surface area contributed by atoms with E-state index in [1.165, 1.54) is 0 Å². The van der Waals surface area contributed by atoms with Gasteiger partial charge in [0.05, 0.1) is 0 Å². The van der Waals surface area contributed by atoms with Crippen molar-refractivity contribution in [3.8, 4) is 0 Å². The first kappa shape index (κ1) is 14.8. The van der Waals surface area contributed by atoms with E-state index >= 15 is 0 Å².